The van der Waals surface area contributed by atoms with Gasteiger partial charge in [-0.2, -0.15) is 13.2 Å². The summed E-state index contributed by atoms with van der Waals surface area (Å²) in [7, 11) is 0. The molecule has 2 aromatic carbocycles. The summed E-state index contributed by atoms with van der Waals surface area (Å²) in [5, 5.41) is -0.608. The van der Waals surface area contributed by atoms with Gasteiger partial charge in [0.2, 0.25) is 0 Å². The van der Waals surface area contributed by atoms with E-state index in [0.29, 0.717) is 36.5 Å². The van der Waals surface area contributed by atoms with Gasteiger partial charge in [-0.05, 0) is 55.5 Å². The Morgan fingerprint density at radius 2 is 1.85 bits per heavy atom. The van der Waals surface area contributed by atoms with Gasteiger partial charge in [0.15, 0.2) is 0 Å². The molecule has 0 bridgehead atoms. The number of amides is 1. The summed E-state index contributed by atoms with van der Waals surface area (Å²) in [6, 6.07) is 3.18. The number of nitrogens with two attached hydrogens (primary N) is 1. The van der Waals surface area contributed by atoms with Crippen molar-refractivity contribution in [2.75, 3.05) is 0 Å². The molecule has 0 unspecified atom stereocenters. The number of halogens is 5. The molecule has 3 rings (SSSR count). The molecule has 0 aromatic heterocycles. The number of fused-ring (bicyclic) bond motifs is 1. The van der Waals surface area contributed by atoms with E-state index in [4.69, 9.17) is 22.1 Å². The maximum atomic E-state index is 13.9. The van der Waals surface area contributed by atoms with Crippen molar-refractivity contribution in [3.63, 3.8) is 0 Å². The van der Waals surface area contributed by atoms with E-state index < -0.39 is 22.7 Å². The molecule has 1 aliphatic rings. The van der Waals surface area contributed by atoms with Crippen LogP contribution in [0.3, 0.4) is 0 Å². The van der Waals surface area contributed by atoms with E-state index in [-0.39, 0.29) is 28.4 Å². The molecule has 2 aromatic rings. The Labute approximate surface area is 151 Å². The average Bonchev–Trinajstić information content (AvgIpc) is 3.02. The summed E-state index contributed by atoms with van der Waals surface area (Å²) < 4.78 is 59.2. The Hall–Kier alpha value is -2.28. The SMILES string of the molecule is Cc1c(Cl)c(C(F)(F)F)cc(Oc2ccc(F)c3c2CCC3)c1C(N)=O. The minimum Gasteiger partial charge on any atom is -0.456 e. The van der Waals surface area contributed by atoms with Gasteiger partial charge in [-0.1, -0.05) is 11.6 Å². The van der Waals surface area contributed by atoms with Crippen molar-refractivity contribution in [2.24, 2.45) is 5.73 Å². The fraction of sp³-hybridized carbons (Fsp3) is 0.278. The van der Waals surface area contributed by atoms with Gasteiger partial charge in [-0.15, -0.1) is 0 Å². The first-order chi connectivity index (χ1) is 12.1. The molecule has 26 heavy (non-hydrogen) atoms. The molecule has 138 valence electrons. The van der Waals surface area contributed by atoms with Crippen LogP contribution >= 0.6 is 11.6 Å². The van der Waals surface area contributed by atoms with E-state index in [0.717, 1.165) is 0 Å². The zero-order valence-electron chi connectivity index (χ0n) is 13.6. The molecule has 0 saturated carbocycles. The van der Waals surface area contributed by atoms with Crippen LogP contribution in [0.15, 0.2) is 18.2 Å². The zero-order valence-corrected chi connectivity index (χ0v) is 14.4. The molecule has 0 spiro atoms. The topological polar surface area (TPSA) is 52.3 Å². The van der Waals surface area contributed by atoms with E-state index in [1.54, 1.807) is 0 Å². The monoisotopic (exact) mass is 387 g/mol. The number of primary amides is 1. The van der Waals surface area contributed by atoms with E-state index in [1.165, 1.54) is 19.1 Å². The van der Waals surface area contributed by atoms with Crippen molar-refractivity contribution in [3.8, 4) is 11.5 Å². The second-order valence-electron chi connectivity index (χ2n) is 6.06. The molecule has 1 amide bonds. The van der Waals surface area contributed by atoms with Crippen LogP contribution in [0.1, 0.15) is 39.0 Å². The zero-order chi connectivity index (χ0) is 19.2. The number of benzene rings is 2. The van der Waals surface area contributed by atoms with Gasteiger partial charge in [0.05, 0.1) is 16.1 Å². The molecule has 0 aliphatic heterocycles. The van der Waals surface area contributed by atoms with Crippen LogP contribution in [0, 0.1) is 12.7 Å². The summed E-state index contributed by atoms with van der Waals surface area (Å²) in [6.45, 7) is 1.26. The highest BCUT2D eigenvalue weighted by Gasteiger charge is 2.36. The predicted molar refractivity (Wildman–Crippen MR) is 88.2 cm³/mol. The Bertz CT molecular complexity index is 909. The van der Waals surface area contributed by atoms with Crippen LogP contribution < -0.4 is 10.5 Å². The molecule has 0 fully saturated rings. The molecule has 0 heterocycles. The van der Waals surface area contributed by atoms with Gasteiger partial charge in [-0.3, -0.25) is 4.79 Å². The molecule has 1 aliphatic carbocycles. The highest BCUT2D eigenvalue weighted by molar-refractivity contribution is 6.32. The third-order valence-electron chi connectivity index (χ3n) is 4.42. The summed E-state index contributed by atoms with van der Waals surface area (Å²) >= 11 is 5.78. The van der Waals surface area contributed by atoms with Crippen LogP contribution in [0.4, 0.5) is 17.6 Å². The Morgan fingerprint density at radius 3 is 2.46 bits per heavy atom. The van der Waals surface area contributed by atoms with Crippen molar-refractivity contribution in [1.29, 1.82) is 0 Å². The maximum Gasteiger partial charge on any atom is 0.417 e. The lowest BCUT2D eigenvalue weighted by Crippen LogP contribution is -2.17. The molecular formula is C18H14ClF4NO2. The number of carbonyl (C=O) groups excluding carboxylic acids is 1. The summed E-state index contributed by atoms with van der Waals surface area (Å²) in [5.74, 6) is -1.50. The van der Waals surface area contributed by atoms with Crippen LogP contribution in [0.2, 0.25) is 5.02 Å². The lowest BCUT2D eigenvalue weighted by Gasteiger charge is -2.19. The minimum atomic E-state index is -4.74. The number of hydrogen-bond donors (Lipinski definition) is 1. The van der Waals surface area contributed by atoms with Crippen molar-refractivity contribution >= 4 is 17.5 Å². The van der Waals surface area contributed by atoms with Gasteiger partial charge < -0.3 is 10.5 Å². The maximum absolute atomic E-state index is 13.9. The normalized spacial score (nSPS) is 13.6. The number of alkyl halides is 3. The lowest BCUT2D eigenvalue weighted by atomic mass is 10.0. The first kappa shape index (κ1) is 18.5. The van der Waals surface area contributed by atoms with Gasteiger partial charge in [0.25, 0.3) is 5.91 Å². The molecule has 3 nitrogen and oxygen atoms in total. The van der Waals surface area contributed by atoms with Crippen molar-refractivity contribution in [1.82, 2.24) is 0 Å². The summed E-state index contributed by atoms with van der Waals surface area (Å²) in [6.07, 6.45) is -2.97. The first-order valence-electron chi connectivity index (χ1n) is 7.79. The standard InChI is InChI=1S/C18H14ClF4NO2/c1-8-15(17(24)25)14(7-11(16(8)19)18(21,22)23)26-13-6-5-12(20)9-3-2-4-10(9)13/h5-7H,2-4H2,1H3,(H2,24,25). The fourth-order valence-electron chi connectivity index (χ4n) is 3.20. The van der Waals surface area contributed by atoms with Crippen molar-refractivity contribution in [3.05, 3.63) is 56.9 Å². The number of hydrogen-bond acceptors (Lipinski definition) is 2. The van der Waals surface area contributed by atoms with Gasteiger partial charge >= 0.3 is 6.18 Å². The minimum absolute atomic E-state index is 0.122. The van der Waals surface area contributed by atoms with E-state index in [9.17, 15) is 22.4 Å². The third kappa shape index (κ3) is 3.11. The second-order valence-corrected chi connectivity index (χ2v) is 6.43. The molecule has 0 saturated heterocycles. The van der Waals surface area contributed by atoms with E-state index >= 15 is 0 Å². The largest absolute Gasteiger partial charge is 0.456 e. The number of rotatable bonds is 3. The highest BCUT2D eigenvalue weighted by atomic mass is 35.5. The summed E-state index contributed by atoms with van der Waals surface area (Å²) in [5.41, 5.74) is 4.89. The van der Waals surface area contributed by atoms with Gasteiger partial charge in [-0.25, -0.2) is 4.39 Å². The van der Waals surface area contributed by atoms with Crippen LogP contribution in [-0.2, 0) is 19.0 Å². The van der Waals surface area contributed by atoms with Crippen LogP contribution in [0.5, 0.6) is 11.5 Å². The van der Waals surface area contributed by atoms with Crippen LogP contribution in [-0.4, -0.2) is 5.91 Å². The molecule has 8 heteroatoms. The van der Waals surface area contributed by atoms with E-state index in [1.807, 2.05) is 0 Å². The lowest BCUT2D eigenvalue weighted by molar-refractivity contribution is -0.137. The van der Waals surface area contributed by atoms with E-state index in [2.05, 4.69) is 0 Å². The highest BCUT2D eigenvalue weighted by Crippen LogP contribution is 2.43. The molecular weight excluding hydrogens is 374 g/mol. The molecule has 0 atom stereocenters. The predicted octanol–water partition coefficient (Wildman–Crippen LogP) is 5.19. The van der Waals surface area contributed by atoms with Gasteiger partial charge in [0.1, 0.15) is 17.3 Å². The first-order valence-corrected chi connectivity index (χ1v) is 8.17. The van der Waals surface area contributed by atoms with Crippen LogP contribution in [0.25, 0.3) is 0 Å². The fourth-order valence-corrected chi connectivity index (χ4v) is 3.46. The van der Waals surface area contributed by atoms with Crippen molar-refractivity contribution in [2.45, 2.75) is 32.4 Å². The second kappa shape index (κ2) is 6.46. The molecule has 0 radical (unpaired) electrons. The smallest absolute Gasteiger partial charge is 0.417 e. The molecule has 2 N–H and O–H groups in total. The Morgan fingerprint density at radius 1 is 1.19 bits per heavy atom. The Kier molecular flexibility index (Phi) is 4.60. The third-order valence-corrected chi connectivity index (χ3v) is 4.91. The Balaban J connectivity index is 2.18. The number of ether oxygens (including phenoxy) is 1. The van der Waals surface area contributed by atoms with Gasteiger partial charge in [0, 0.05) is 5.56 Å². The average molecular weight is 388 g/mol. The van der Waals surface area contributed by atoms with Crippen molar-refractivity contribution < 1.29 is 27.1 Å². The number of carbonyl (C=O) groups is 1. The quantitative estimate of drug-likeness (QED) is 0.737. The summed E-state index contributed by atoms with van der Waals surface area (Å²) in [4.78, 5) is 11.8.